The Morgan fingerprint density at radius 2 is 1.86 bits per heavy atom. The van der Waals surface area contributed by atoms with Crippen molar-refractivity contribution in [2.75, 3.05) is 12.4 Å². The summed E-state index contributed by atoms with van der Waals surface area (Å²) in [4.78, 5) is 41.3. The van der Waals surface area contributed by atoms with Crippen LogP contribution in [0.15, 0.2) is 24.3 Å². The van der Waals surface area contributed by atoms with Gasteiger partial charge in [0.05, 0.1) is 18.4 Å². The predicted molar refractivity (Wildman–Crippen MR) is 101 cm³/mol. The van der Waals surface area contributed by atoms with Crippen LogP contribution < -0.4 is 10.6 Å². The van der Waals surface area contributed by atoms with Gasteiger partial charge in [-0.25, -0.2) is 9.78 Å². The molecule has 2 aromatic rings. The Morgan fingerprint density at radius 1 is 1.11 bits per heavy atom. The van der Waals surface area contributed by atoms with Crippen molar-refractivity contribution >= 4 is 23.5 Å². The van der Waals surface area contributed by atoms with E-state index in [2.05, 4.69) is 20.4 Å². The minimum atomic E-state index is -0.438. The number of hydrogen-bond donors (Lipinski definition) is 2. The Kier molecular flexibility index (Phi) is 4.85. The highest BCUT2D eigenvalue weighted by molar-refractivity contribution is 6.05. The van der Waals surface area contributed by atoms with Crippen LogP contribution in [0.25, 0.3) is 0 Å². The van der Waals surface area contributed by atoms with Gasteiger partial charge in [-0.15, -0.1) is 0 Å². The average Bonchev–Trinajstić information content (AvgIpc) is 3.44. The van der Waals surface area contributed by atoms with E-state index in [1.54, 1.807) is 24.3 Å². The molecule has 0 radical (unpaired) electrons. The van der Waals surface area contributed by atoms with Crippen molar-refractivity contribution in [3.05, 3.63) is 47.0 Å². The number of carbonyl (C=O) groups excluding carboxylic acids is 3. The standard InChI is InChI=1S/C20H22N4O4/c1-28-20(27)12-5-7-13(8-6-12)21-18(25)16-15-4-2-3-11-24(15)17(23-16)19(26)22-14-9-10-14/h5-8,14H,2-4,9-11H2,1H3,(H,21,25)(H,22,26). The van der Waals surface area contributed by atoms with Crippen molar-refractivity contribution in [3.8, 4) is 0 Å². The molecule has 0 saturated heterocycles. The number of amides is 2. The first-order valence-corrected chi connectivity index (χ1v) is 9.47. The van der Waals surface area contributed by atoms with Crippen molar-refractivity contribution in [2.45, 2.75) is 44.7 Å². The third kappa shape index (κ3) is 3.62. The van der Waals surface area contributed by atoms with Crippen LogP contribution in [-0.4, -0.2) is 40.5 Å². The van der Waals surface area contributed by atoms with Crippen LogP contribution in [-0.2, 0) is 17.7 Å². The quantitative estimate of drug-likeness (QED) is 0.772. The zero-order valence-electron chi connectivity index (χ0n) is 15.7. The van der Waals surface area contributed by atoms with Crippen LogP contribution in [0.2, 0.25) is 0 Å². The highest BCUT2D eigenvalue weighted by atomic mass is 16.5. The Morgan fingerprint density at radius 3 is 2.54 bits per heavy atom. The topological polar surface area (TPSA) is 102 Å². The van der Waals surface area contributed by atoms with Crippen LogP contribution >= 0.6 is 0 Å². The maximum Gasteiger partial charge on any atom is 0.337 e. The number of esters is 1. The van der Waals surface area contributed by atoms with Crippen molar-refractivity contribution in [1.82, 2.24) is 14.9 Å². The van der Waals surface area contributed by atoms with Gasteiger partial charge in [0.15, 0.2) is 11.5 Å². The molecule has 1 aliphatic heterocycles. The summed E-state index contributed by atoms with van der Waals surface area (Å²) in [6.07, 6.45) is 4.63. The number of rotatable bonds is 5. The van der Waals surface area contributed by atoms with E-state index < -0.39 is 5.97 Å². The first-order valence-electron chi connectivity index (χ1n) is 9.47. The molecular formula is C20H22N4O4. The summed E-state index contributed by atoms with van der Waals surface area (Å²) >= 11 is 0. The molecule has 1 saturated carbocycles. The van der Waals surface area contributed by atoms with Gasteiger partial charge in [0, 0.05) is 18.3 Å². The highest BCUT2D eigenvalue weighted by Crippen LogP contribution is 2.24. The van der Waals surface area contributed by atoms with Gasteiger partial charge < -0.3 is 19.9 Å². The monoisotopic (exact) mass is 382 g/mol. The fourth-order valence-corrected chi connectivity index (χ4v) is 3.37. The molecule has 2 heterocycles. The van der Waals surface area contributed by atoms with Crippen molar-refractivity contribution < 1.29 is 19.1 Å². The van der Waals surface area contributed by atoms with Crippen LogP contribution in [0, 0.1) is 0 Å². The number of nitrogens with one attached hydrogen (secondary N) is 2. The van der Waals surface area contributed by atoms with Crippen molar-refractivity contribution in [2.24, 2.45) is 0 Å². The van der Waals surface area contributed by atoms with Crippen LogP contribution in [0.3, 0.4) is 0 Å². The lowest BCUT2D eigenvalue weighted by Gasteiger charge is -2.17. The molecule has 4 rings (SSSR count). The minimum absolute atomic E-state index is 0.216. The van der Waals surface area contributed by atoms with Gasteiger partial charge in [0.2, 0.25) is 0 Å². The number of anilines is 1. The number of carbonyl (C=O) groups is 3. The fraction of sp³-hybridized carbons (Fsp3) is 0.400. The fourth-order valence-electron chi connectivity index (χ4n) is 3.37. The third-order valence-electron chi connectivity index (χ3n) is 5.01. The zero-order valence-corrected chi connectivity index (χ0v) is 15.7. The maximum atomic E-state index is 12.8. The molecule has 1 aromatic heterocycles. The smallest absolute Gasteiger partial charge is 0.337 e. The second kappa shape index (κ2) is 7.46. The second-order valence-electron chi connectivity index (χ2n) is 7.11. The van der Waals surface area contributed by atoms with E-state index >= 15 is 0 Å². The number of ether oxygens (including phenoxy) is 1. The van der Waals surface area contributed by atoms with Gasteiger partial charge in [0.25, 0.3) is 11.8 Å². The lowest BCUT2D eigenvalue weighted by molar-refractivity contribution is 0.0600. The molecule has 146 valence electrons. The zero-order chi connectivity index (χ0) is 19.7. The number of hydrogen-bond acceptors (Lipinski definition) is 5. The Bertz CT molecular complexity index is 928. The first-order chi connectivity index (χ1) is 13.6. The molecule has 1 aromatic carbocycles. The lowest BCUT2D eigenvalue weighted by atomic mass is 10.1. The number of nitrogens with zero attached hydrogens (tertiary/aromatic N) is 2. The Balaban J connectivity index is 1.56. The van der Waals surface area contributed by atoms with Gasteiger partial charge in [-0.1, -0.05) is 0 Å². The average molecular weight is 382 g/mol. The van der Waals surface area contributed by atoms with Crippen LogP contribution in [0.4, 0.5) is 5.69 Å². The summed E-state index contributed by atoms with van der Waals surface area (Å²) in [6, 6.07) is 6.66. The predicted octanol–water partition coefficient (Wildman–Crippen LogP) is 2.15. The van der Waals surface area contributed by atoms with Gasteiger partial charge in [0.1, 0.15) is 0 Å². The van der Waals surface area contributed by atoms with E-state index in [1.165, 1.54) is 7.11 Å². The van der Waals surface area contributed by atoms with Gasteiger partial charge in [-0.3, -0.25) is 9.59 Å². The summed E-state index contributed by atoms with van der Waals surface area (Å²) < 4.78 is 6.54. The molecule has 8 nitrogen and oxygen atoms in total. The minimum Gasteiger partial charge on any atom is -0.465 e. The van der Waals surface area contributed by atoms with Crippen LogP contribution in [0.5, 0.6) is 0 Å². The van der Waals surface area contributed by atoms with Crippen LogP contribution in [0.1, 0.15) is 62.8 Å². The Labute approximate surface area is 162 Å². The second-order valence-corrected chi connectivity index (χ2v) is 7.11. The molecule has 0 spiro atoms. The Hall–Kier alpha value is -3.16. The molecule has 28 heavy (non-hydrogen) atoms. The largest absolute Gasteiger partial charge is 0.465 e. The first kappa shape index (κ1) is 18.2. The van der Waals surface area contributed by atoms with Gasteiger partial charge in [-0.2, -0.15) is 0 Å². The molecule has 0 bridgehead atoms. The lowest BCUT2D eigenvalue weighted by Crippen LogP contribution is -2.29. The molecular weight excluding hydrogens is 360 g/mol. The van der Waals surface area contributed by atoms with E-state index in [1.807, 2.05) is 4.57 Å². The number of methoxy groups -OCH3 is 1. The number of aromatic nitrogens is 2. The van der Waals surface area contributed by atoms with Gasteiger partial charge >= 0.3 is 5.97 Å². The summed E-state index contributed by atoms with van der Waals surface area (Å²) in [5, 5.41) is 5.75. The number of fused-ring (bicyclic) bond motifs is 1. The highest BCUT2D eigenvalue weighted by Gasteiger charge is 2.30. The summed E-state index contributed by atoms with van der Waals surface area (Å²) in [7, 11) is 1.32. The normalized spacial score (nSPS) is 15.5. The molecule has 0 unspecified atom stereocenters. The third-order valence-corrected chi connectivity index (χ3v) is 5.01. The SMILES string of the molecule is COC(=O)c1ccc(NC(=O)c2nc(C(=O)NC3CC3)n3c2CCCC3)cc1. The molecule has 1 fully saturated rings. The molecule has 1 aliphatic carbocycles. The molecule has 2 N–H and O–H groups in total. The van der Waals surface area contributed by atoms with E-state index in [0.29, 0.717) is 30.0 Å². The summed E-state index contributed by atoms with van der Waals surface area (Å²) in [5.41, 5.74) is 2.03. The van der Waals surface area contributed by atoms with E-state index in [0.717, 1.165) is 31.4 Å². The van der Waals surface area contributed by atoms with Crippen molar-refractivity contribution in [1.29, 1.82) is 0 Å². The number of imidazole rings is 1. The van der Waals surface area contributed by atoms with Crippen molar-refractivity contribution in [3.63, 3.8) is 0 Å². The summed E-state index contributed by atoms with van der Waals surface area (Å²) in [6.45, 7) is 0.691. The molecule has 0 atom stereocenters. The maximum absolute atomic E-state index is 12.8. The van der Waals surface area contributed by atoms with Gasteiger partial charge in [-0.05, 0) is 56.4 Å². The molecule has 2 amide bonds. The van der Waals surface area contributed by atoms with E-state index in [-0.39, 0.29) is 23.6 Å². The van der Waals surface area contributed by atoms with E-state index in [9.17, 15) is 14.4 Å². The molecule has 8 heteroatoms. The number of benzene rings is 1. The summed E-state index contributed by atoms with van der Waals surface area (Å²) in [5.74, 6) is -0.700. The molecule has 2 aliphatic rings. The van der Waals surface area contributed by atoms with E-state index in [4.69, 9.17) is 0 Å².